The number of anilines is 1. The van der Waals surface area contributed by atoms with Crippen molar-refractivity contribution in [2.24, 2.45) is 5.92 Å². The van der Waals surface area contributed by atoms with E-state index in [9.17, 15) is 13.2 Å². The van der Waals surface area contributed by atoms with Gasteiger partial charge in [-0.15, -0.1) is 0 Å². The second kappa shape index (κ2) is 9.10. The Bertz CT molecular complexity index is 1080. The van der Waals surface area contributed by atoms with Crippen LogP contribution in [0, 0.1) is 12.8 Å². The number of hydrogen-bond acceptors (Lipinski definition) is 4. The summed E-state index contributed by atoms with van der Waals surface area (Å²) < 4.78 is 28.7. The van der Waals surface area contributed by atoms with E-state index < -0.39 is 10.0 Å². The summed E-state index contributed by atoms with van der Waals surface area (Å²) in [5, 5.41) is 6.27. The van der Waals surface area contributed by atoms with Gasteiger partial charge in [-0.25, -0.2) is 13.1 Å². The van der Waals surface area contributed by atoms with Crippen molar-refractivity contribution in [1.82, 2.24) is 10.0 Å². The van der Waals surface area contributed by atoms with Gasteiger partial charge >= 0.3 is 0 Å². The maximum atomic E-state index is 12.9. The van der Waals surface area contributed by atoms with E-state index in [4.69, 9.17) is 0 Å². The van der Waals surface area contributed by atoms with Gasteiger partial charge in [0.15, 0.2) is 0 Å². The van der Waals surface area contributed by atoms with Gasteiger partial charge in [0.25, 0.3) is 5.91 Å². The van der Waals surface area contributed by atoms with E-state index in [0.717, 1.165) is 56.3 Å². The fraction of sp³-hybridized carbons (Fsp3) is 0.458. The normalized spacial score (nSPS) is 17.9. The van der Waals surface area contributed by atoms with Crippen LogP contribution in [0.2, 0.25) is 0 Å². The molecule has 2 aliphatic rings. The molecule has 1 saturated heterocycles. The molecule has 1 unspecified atom stereocenters. The standard InChI is InChI=1S/C24H31N3O3S/c1-16-15-20(31(29,30)27-17(2)18-11-13-25-14-12-18)9-10-23(16)26-24(28)22-8-4-6-19-5-3-7-21(19)22/h4,6,8-10,15,17-18,25,27H,3,5,7,11-14H2,1-2H3,(H,26,28). The predicted molar refractivity (Wildman–Crippen MR) is 123 cm³/mol. The van der Waals surface area contributed by atoms with E-state index in [1.54, 1.807) is 18.2 Å². The van der Waals surface area contributed by atoms with E-state index in [1.807, 2.05) is 26.0 Å². The predicted octanol–water partition coefficient (Wildman–Crippen LogP) is 3.40. The topological polar surface area (TPSA) is 87.3 Å². The Morgan fingerprint density at radius 3 is 2.65 bits per heavy atom. The molecule has 2 aromatic rings. The number of piperidine rings is 1. The van der Waals surface area contributed by atoms with Gasteiger partial charge in [-0.1, -0.05) is 12.1 Å². The first-order valence-corrected chi connectivity index (χ1v) is 12.6. The van der Waals surface area contributed by atoms with Crippen molar-refractivity contribution in [3.8, 4) is 0 Å². The Morgan fingerprint density at radius 1 is 1.13 bits per heavy atom. The number of amides is 1. The second-order valence-electron chi connectivity index (χ2n) is 8.73. The average Bonchev–Trinajstić information content (AvgIpc) is 3.24. The molecular formula is C24H31N3O3S. The summed E-state index contributed by atoms with van der Waals surface area (Å²) in [4.78, 5) is 13.1. The number of hydrogen-bond donors (Lipinski definition) is 3. The minimum atomic E-state index is -3.62. The highest BCUT2D eigenvalue weighted by molar-refractivity contribution is 7.89. The number of sulfonamides is 1. The maximum Gasteiger partial charge on any atom is 0.255 e. The number of carbonyl (C=O) groups excluding carboxylic acids is 1. The number of carbonyl (C=O) groups is 1. The molecule has 0 spiro atoms. The Balaban J connectivity index is 1.47. The second-order valence-corrected chi connectivity index (χ2v) is 10.4. The minimum Gasteiger partial charge on any atom is -0.322 e. The van der Waals surface area contributed by atoms with Gasteiger partial charge in [0.1, 0.15) is 0 Å². The van der Waals surface area contributed by atoms with Crippen LogP contribution in [0.3, 0.4) is 0 Å². The zero-order valence-electron chi connectivity index (χ0n) is 18.2. The molecule has 0 saturated carbocycles. The lowest BCUT2D eigenvalue weighted by molar-refractivity contribution is 0.102. The molecule has 0 bridgehead atoms. The van der Waals surface area contributed by atoms with Crippen LogP contribution in [0.5, 0.6) is 0 Å². The summed E-state index contributed by atoms with van der Waals surface area (Å²) in [6, 6.07) is 10.6. The Hall–Kier alpha value is -2.22. The third kappa shape index (κ3) is 4.84. The van der Waals surface area contributed by atoms with Gasteiger partial charge in [-0.2, -0.15) is 0 Å². The van der Waals surface area contributed by atoms with Gasteiger partial charge in [-0.05, 0) is 106 Å². The monoisotopic (exact) mass is 441 g/mol. The zero-order valence-corrected chi connectivity index (χ0v) is 19.0. The number of fused-ring (bicyclic) bond motifs is 1. The number of nitrogens with one attached hydrogen (secondary N) is 3. The van der Waals surface area contributed by atoms with Crippen molar-refractivity contribution in [3.63, 3.8) is 0 Å². The third-order valence-corrected chi connectivity index (χ3v) is 8.14. The molecule has 166 valence electrons. The highest BCUT2D eigenvalue weighted by Gasteiger charge is 2.26. The van der Waals surface area contributed by atoms with Gasteiger partial charge < -0.3 is 10.6 Å². The molecule has 1 atom stereocenters. The van der Waals surface area contributed by atoms with Crippen molar-refractivity contribution in [2.45, 2.75) is 56.9 Å². The fourth-order valence-electron chi connectivity index (χ4n) is 4.72. The molecule has 1 fully saturated rings. The van der Waals surface area contributed by atoms with E-state index >= 15 is 0 Å². The summed E-state index contributed by atoms with van der Waals surface area (Å²) >= 11 is 0. The molecule has 31 heavy (non-hydrogen) atoms. The highest BCUT2D eigenvalue weighted by atomic mass is 32.2. The molecule has 1 heterocycles. The SMILES string of the molecule is Cc1cc(S(=O)(=O)NC(C)C2CCNCC2)ccc1NC(=O)c1cccc2c1CCC2. The van der Waals surface area contributed by atoms with E-state index in [1.165, 1.54) is 5.56 Å². The van der Waals surface area contributed by atoms with Gasteiger partial charge in [-0.3, -0.25) is 4.79 Å². The molecule has 1 amide bonds. The van der Waals surface area contributed by atoms with Crippen LogP contribution in [-0.4, -0.2) is 33.5 Å². The van der Waals surface area contributed by atoms with Gasteiger partial charge in [0, 0.05) is 17.3 Å². The summed E-state index contributed by atoms with van der Waals surface area (Å²) in [7, 11) is -3.62. The van der Waals surface area contributed by atoms with Crippen LogP contribution in [-0.2, 0) is 22.9 Å². The van der Waals surface area contributed by atoms with Crippen molar-refractivity contribution >= 4 is 21.6 Å². The van der Waals surface area contributed by atoms with E-state index in [-0.39, 0.29) is 16.8 Å². The first-order valence-electron chi connectivity index (χ1n) is 11.1. The lowest BCUT2D eigenvalue weighted by Gasteiger charge is -2.28. The van der Waals surface area contributed by atoms with Crippen molar-refractivity contribution in [1.29, 1.82) is 0 Å². The molecule has 2 aromatic carbocycles. The number of benzene rings is 2. The van der Waals surface area contributed by atoms with Crippen molar-refractivity contribution < 1.29 is 13.2 Å². The van der Waals surface area contributed by atoms with E-state index in [0.29, 0.717) is 17.2 Å². The summed E-state index contributed by atoms with van der Waals surface area (Å²) in [5.74, 6) is 0.193. The third-order valence-electron chi connectivity index (χ3n) is 6.58. The Labute approximate surface area is 184 Å². The largest absolute Gasteiger partial charge is 0.322 e. The van der Waals surface area contributed by atoms with Crippen LogP contribution in [0.4, 0.5) is 5.69 Å². The van der Waals surface area contributed by atoms with Gasteiger partial charge in [0.2, 0.25) is 10.0 Å². The fourth-order valence-corrected chi connectivity index (χ4v) is 6.12. The molecule has 1 aliphatic heterocycles. The van der Waals surface area contributed by atoms with Crippen LogP contribution < -0.4 is 15.4 Å². The smallest absolute Gasteiger partial charge is 0.255 e. The quantitative estimate of drug-likeness (QED) is 0.641. The van der Waals surface area contributed by atoms with E-state index in [2.05, 4.69) is 21.4 Å². The van der Waals surface area contributed by atoms with Crippen LogP contribution in [0.15, 0.2) is 41.3 Å². The lowest BCUT2D eigenvalue weighted by Crippen LogP contribution is -2.42. The molecule has 3 N–H and O–H groups in total. The average molecular weight is 442 g/mol. The van der Waals surface area contributed by atoms with Crippen LogP contribution >= 0.6 is 0 Å². The molecule has 1 aliphatic carbocycles. The Morgan fingerprint density at radius 2 is 1.90 bits per heavy atom. The lowest BCUT2D eigenvalue weighted by atomic mass is 9.92. The molecule has 4 rings (SSSR count). The Kier molecular flexibility index (Phi) is 6.46. The maximum absolute atomic E-state index is 12.9. The summed E-state index contributed by atoms with van der Waals surface area (Å²) in [5.41, 5.74) is 4.44. The highest BCUT2D eigenvalue weighted by Crippen LogP contribution is 2.27. The first-order chi connectivity index (χ1) is 14.8. The number of aryl methyl sites for hydroxylation is 2. The molecule has 0 radical (unpaired) electrons. The summed E-state index contributed by atoms with van der Waals surface area (Å²) in [6.45, 7) is 5.61. The molecule has 6 nitrogen and oxygen atoms in total. The van der Waals surface area contributed by atoms with Crippen molar-refractivity contribution in [2.75, 3.05) is 18.4 Å². The van der Waals surface area contributed by atoms with Crippen LogP contribution in [0.25, 0.3) is 0 Å². The summed E-state index contributed by atoms with van der Waals surface area (Å²) in [6.07, 6.45) is 4.96. The van der Waals surface area contributed by atoms with Crippen LogP contribution in [0.1, 0.15) is 53.2 Å². The minimum absolute atomic E-state index is 0.119. The zero-order chi connectivity index (χ0) is 22.0. The molecular weight excluding hydrogens is 410 g/mol. The van der Waals surface area contributed by atoms with Gasteiger partial charge in [0.05, 0.1) is 4.90 Å². The molecule has 7 heteroatoms. The number of rotatable bonds is 6. The first kappa shape index (κ1) is 22.0. The van der Waals surface area contributed by atoms with Crippen molar-refractivity contribution in [3.05, 3.63) is 58.7 Å². The molecule has 0 aromatic heterocycles.